The highest BCUT2D eigenvalue weighted by Crippen LogP contribution is 2.14. The summed E-state index contributed by atoms with van der Waals surface area (Å²) in [4.78, 5) is 0. The van der Waals surface area contributed by atoms with Crippen LogP contribution in [-0.2, 0) is 0 Å². The van der Waals surface area contributed by atoms with Crippen LogP contribution in [0.1, 0.15) is 33.3 Å². The summed E-state index contributed by atoms with van der Waals surface area (Å²) in [7, 11) is 0. The van der Waals surface area contributed by atoms with Gasteiger partial charge in [0.2, 0.25) is 0 Å². The number of rotatable bonds is 1. The molecule has 0 spiro atoms. The van der Waals surface area contributed by atoms with Crippen molar-refractivity contribution in [1.29, 1.82) is 5.41 Å². The molecular formula is C15H22N2. The fraction of sp³-hybridized carbons (Fsp3) is 0.267. The summed E-state index contributed by atoms with van der Waals surface area (Å²) in [6.45, 7) is 8.00. The van der Waals surface area contributed by atoms with Gasteiger partial charge in [0.05, 0.1) is 0 Å². The van der Waals surface area contributed by atoms with Gasteiger partial charge < -0.3 is 5.73 Å². The first-order valence-corrected chi connectivity index (χ1v) is 6.10. The van der Waals surface area contributed by atoms with Crippen molar-refractivity contribution in [3.63, 3.8) is 0 Å². The van der Waals surface area contributed by atoms with Gasteiger partial charge in [0, 0.05) is 5.56 Å². The maximum absolute atomic E-state index is 7.29. The van der Waals surface area contributed by atoms with E-state index in [0.717, 1.165) is 10.9 Å². The van der Waals surface area contributed by atoms with E-state index in [1.165, 1.54) is 5.39 Å². The average molecular weight is 230 g/mol. The second-order valence-corrected chi connectivity index (χ2v) is 2.98. The van der Waals surface area contributed by atoms with Crippen molar-refractivity contribution in [2.75, 3.05) is 0 Å². The Morgan fingerprint density at radius 2 is 1.41 bits per heavy atom. The van der Waals surface area contributed by atoms with Crippen LogP contribution in [0.25, 0.3) is 10.8 Å². The quantitative estimate of drug-likeness (QED) is 0.560. The summed E-state index contributed by atoms with van der Waals surface area (Å²) in [6.07, 6.45) is 0. The molecular weight excluding hydrogens is 208 g/mol. The van der Waals surface area contributed by atoms with Crippen molar-refractivity contribution in [2.24, 2.45) is 5.73 Å². The van der Waals surface area contributed by atoms with Crippen molar-refractivity contribution >= 4 is 16.6 Å². The fourth-order valence-electron chi connectivity index (χ4n) is 1.36. The van der Waals surface area contributed by atoms with Crippen molar-refractivity contribution in [3.05, 3.63) is 48.0 Å². The zero-order valence-electron chi connectivity index (χ0n) is 11.1. The van der Waals surface area contributed by atoms with Gasteiger partial charge in [-0.15, -0.1) is 0 Å². The molecule has 0 radical (unpaired) electrons. The lowest BCUT2D eigenvalue weighted by atomic mass is 10.1. The molecule has 17 heavy (non-hydrogen) atoms. The maximum atomic E-state index is 7.29. The molecule has 0 saturated heterocycles. The summed E-state index contributed by atoms with van der Waals surface area (Å²) in [5.41, 5.74) is 6.16. The van der Waals surface area contributed by atoms with E-state index < -0.39 is 0 Å². The summed E-state index contributed by atoms with van der Waals surface area (Å²) in [6, 6.07) is 13.8. The number of amidine groups is 1. The number of fused-ring (bicyclic) bond motifs is 1. The van der Waals surface area contributed by atoms with Gasteiger partial charge in [-0.2, -0.15) is 0 Å². The van der Waals surface area contributed by atoms with Crippen LogP contribution in [0.5, 0.6) is 0 Å². The first-order valence-electron chi connectivity index (χ1n) is 6.10. The Hall–Kier alpha value is -1.83. The van der Waals surface area contributed by atoms with Crippen LogP contribution in [0.3, 0.4) is 0 Å². The van der Waals surface area contributed by atoms with Gasteiger partial charge in [0.15, 0.2) is 0 Å². The Morgan fingerprint density at radius 1 is 0.882 bits per heavy atom. The highest BCUT2D eigenvalue weighted by molar-refractivity contribution is 5.99. The Kier molecular flexibility index (Phi) is 7.44. The van der Waals surface area contributed by atoms with Crippen molar-refractivity contribution < 1.29 is 0 Å². The molecule has 2 aromatic carbocycles. The Morgan fingerprint density at radius 3 is 1.94 bits per heavy atom. The lowest BCUT2D eigenvalue weighted by Crippen LogP contribution is -2.10. The van der Waals surface area contributed by atoms with E-state index in [-0.39, 0.29) is 5.84 Å². The van der Waals surface area contributed by atoms with Crippen LogP contribution in [-0.4, -0.2) is 5.84 Å². The third-order valence-electron chi connectivity index (χ3n) is 2.06. The first-order chi connectivity index (χ1) is 8.27. The molecule has 0 saturated carbocycles. The van der Waals surface area contributed by atoms with E-state index in [1.54, 1.807) is 0 Å². The number of benzene rings is 2. The monoisotopic (exact) mass is 230 g/mol. The van der Waals surface area contributed by atoms with Crippen LogP contribution in [0, 0.1) is 5.41 Å². The summed E-state index contributed by atoms with van der Waals surface area (Å²) in [5.74, 6) is 0.116. The molecule has 0 heterocycles. The minimum Gasteiger partial charge on any atom is -0.384 e. The minimum atomic E-state index is 0.116. The van der Waals surface area contributed by atoms with Crippen LogP contribution in [0.15, 0.2) is 42.5 Å². The highest BCUT2D eigenvalue weighted by Gasteiger charge is 1.97. The molecule has 2 aromatic rings. The first kappa shape index (κ1) is 15.2. The van der Waals surface area contributed by atoms with E-state index in [9.17, 15) is 0 Å². The van der Waals surface area contributed by atoms with E-state index in [4.69, 9.17) is 11.1 Å². The van der Waals surface area contributed by atoms with Gasteiger partial charge in [0.25, 0.3) is 0 Å². The molecule has 0 aliphatic rings. The standard InChI is InChI=1S/C11H10N2.2C2H6/c12-11(13)10-6-5-8-3-1-2-4-9(8)7-10;2*1-2/h1-7H,(H3,12,13);2*1-2H3. The molecule has 3 N–H and O–H groups in total. The zero-order chi connectivity index (χ0) is 13.3. The van der Waals surface area contributed by atoms with E-state index in [1.807, 2.05) is 70.2 Å². The Labute approximate surface area is 104 Å². The third-order valence-corrected chi connectivity index (χ3v) is 2.06. The predicted molar refractivity (Wildman–Crippen MR) is 77.7 cm³/mol. The fourth-order valence-corrected chi connectivity index (χ4v) is 1.36. The lowest BCUT2D eigenvalue weighted by Gasteiger charge is -2.00. The number of nitrogen functional groups attached to an aromatic ring is 1. The number of nitrogens with two attached hydrogens (primary N) is 1. The summed E-state index contributed by atoms with van der Waals surface area (Å²) < 4.78 is 0. The molecule has 0 aliphatic heterocycles. The molecule has 2 heteroatoms. The van der Waals surface area contributed by atoms with Crippen LogP contribution in [0.4, 0.5) is 0 Å². The minimum absolute atomic E-state index is 0.116. The Bertz CT molecular complexity index is 461. The molecule has 2 nitrogen and oxygen atoms in total. The molecule has 0 bridgehead atoms. The molecule has 92 valence electrons. The lowest BCUT2D eigenvalue weighted by molar-refractivity contribution is 1.43. The normalized spacial score (nSPS) is 8.47. The second-order valence-electron chi connectivity index (χ2n) is 2.98. The van der Waals surface area contributed by atoms with Crippen LogP contribution in [0.2, 0.25) is 0 Å². The van der Waals surface area contributed by atoms with Gasteiger partial charge in [-0.05, 0) is 16.8 Å². The molecule has 2 rings (SSSR count). The number of hydrogen-bond donors (Lipinski definition) is 2. The predicted octanol–water partition coefficient (Wildman–Crippen LogP) is 4.18. The van der Waals surface area contributed by atoms with E-state index in [0.29, 0.717) is 0 Å². The van der Waals surface area contributed by atoms with Crippen molar-refractivity contribution in [2.45, 2.75) is 27.7 Å². The van der Waals surface area contributed by atoms with Crippen molar-refractivity contribution in [1.82, 2.24) is 0 Å². The van der Waals surface area contributed by atoms with Crippen LogP contribution >= 0.6 is 0 Å². The molecule has 0 fully saturated rings. The SMILES string of the molecule is CC.CC.N=C(N)c1ccc2ccccc2c1. The molecule has 0 unspecified atom stereocenters. The van der Waals surface area contributed by atoms with Crippen LogP contribution < -0.4 is 5.73 Å². The van der Waals surface area contributed by atoms with Gasteiger partial charge in [-0.25, -0.2) is 0 Å². The topological polar surface area (TPSA) is 49.9 Å². The largest absolute Gasteiger partial charge is 0.384 e. The molecule has 0 aromatic heterocycles. The summed E-state index contributed by atoms with van der Waals surface area (Å²) >= 11 is 0. The highest BCUT2D eigenvalue weighted by atomic mass is 14.7. The summed E-state index contributed by atoms with van der Waals surface area (Å²) in [5, 5.41) is 9.58. The third kappa shape index (κ3) is 4.27. The van der Waals surface area contributed by atoms with Gasteiger partial charge in [-0.1, -0.05) is 64.1 Å². The second kappa shape index (κ2) is 8.34. The number of nitrogens with one attached hydrogen (secondary N) is 1. The van der Waals surface area contributed by atoms with E-state index >= 15 is 0 Å². The van der Waals surface area contributed by atoms with Gasteiger partial charge in [0.1, 0.15) is 5.84 Å². The van der Waals surface area contributed by atoms with Crippen molar-refractivity contribution in [3.8, 4) is 0 Å². The zero-order valence-corrected chi connectivity index (χ0v) is 11.1. The molecule has 0 atom stereocenters. The molecule has 0 aliphatic carbocycles. The smallest absolute Gasteiger partial charge is 0.122 e. The average Bonchev–Trinajstić information content (AvgIpc) is 2.42. The van der Waals surface area contributed by atoms with Gasteiger partial charge >= 0.3 is 0 Å². The Balaban J connectivity index is 0.000000581. The van der Waals surface area contributed by atoms with E-state index in [2.05, 4.69) is 0 Å². The number of hydrogen-bond acceptors (Lipinski definition) is 1. The maximum Gasteiger partial charge on any atom is 0.122 e. The van der Waals surface area contributed by atoms with Gasteiger partial charge in [-0.3, -0.25) is 5.41 Å². The molecule has 0 amide bonds.